The summed E-state index contributed by atoms with van der Waals surface area (Å²) in [6.45, 7) is 1.93. The highest BCUT2D eigenvalue weighted by atomic mass is 32.2. The molecule has 0 amide bonds. The molecule has 1 atom stereocenters. The SMILES string of the molecule is CCCCS(=O)(=O)Nc1ccc(CC2=C(c3ccc4nsnc4c3)C(=O)OC2(O)c2ccc(OC)cc2)cc1. The molecule has 1 unspecified atom stereocenters. The van der Waals surface area contributed by atoms with Gasteiger partial charge in [-0.2, -0.15) is 8.75 Å². The average molecular weight is 566 g/mol. The smallest absolute Gasteiger partial charge is 0.342 e. The van der Waals surface area contributed by atoms with Crippen LogP contribution in [-0.2, 0) is 31.8 Å². The molecule has 11 heteroatoms. The van der Waals surface area contributed by atoms with Crippen LogP contribution in [0.4, 0.5) is 5.69 Å². The lowest BCUT2D eigenvalue weighted by Gasteiger charge is -2.26. The number of sulfonamides is 1. The van der Waals surface area contributed by atoms with Crippen molar-refractivity contribution < 1.29 is 27.8 Å². The van der Waals surface area contributed by atoms with Crippen molar-refractivity contribution in [3.8, 4) is 5.75 Å². The number of aliphatic hydroxyl groups is 1. The van der Waals surface area contributed by atoms with E-state index in [0.29, 0.717) is 45.6 Å². The predicted molar refractivity (Wildman–Crippen MR) is 150 cm³/mol. The number of cyclic esters (lactones) is 1. The van der Waals surface area contributed by atoms with Gasteiger partial charge in [0.15, 0.2) is 0 Å². The maximum atomic E-state index is 13.3. The molecule has 0 aliphatic carbocycles. The van der Waals surface area contributed by atoms with Gasteiger partial charge in [0.2, 0.25) is 10.0 Å². The lowest BCUT2D eigenvalue weighted by molar-refractivity contribution is -0.185. The molecular formula is C28H27N3O6S2. The minimum atomic E-state index is -3.44. The summed E-state index contributed by atoms with van der Waals surface area (Å²) in [4.78, 5) is 13.3. The summed E-state index contributed by atoms with van der Waals surface area (Å²) in [5.41, 5.74) is 4.06. The molecule has 0 bridgehead atoms. The van der Waals surface area contributed by atoms with E-state index in [4.69, 9.17) is 9.47 Å². The van der Waals surface area contributed by atoms with Gasteiger partial charge in [-0.05, 0) is 66.1 Å². The number of benzene rings is 3. The Bertz CT molecular complexity index is 1650. The Hall–Kier alpha value is -3.80. The molecule has 9 nitrogen and oxygen atoms in total. The maximum absolute atomic E-state index is 13.3. The van der Waals surface area contributed by atoms with Crippen LogP contribution in [0.1, 0.15) is 36.5 Å². The fourth-order valence-corrected chi connectivity index (χ4v) is 6.27. The number of carbonyl (C=O) groups excluding carboxylic acids is 1. The van der Waals surface area contributed by atoms with Gasteiger partial charge in [-0.25, -0.2) is 13.2 Å². The molecule has 3 aromatic carbocycles. The van der Waals surface area contributed by atoms with Crippen LogP contribution in [0, 0.1) is 0 Å². The summed E-state index contributed by atoms with van der Waals surface area (Å²) < 4.78 is 46.6. The number of rotatable bonds is 10. The van der Waals surface area contributed by atoms with Crippen molar-refractivity contribution in [3.63, 3.8) is 0 Å². The number of anilines is 1. The first-order valence-electron chi connectivity index (χ1n) is 12.4. The molecule has 39 heavy (non-hydrogen) atoms. The zero-order valence-corrected chi connectivity index (χ0v) is 23.0. The number of nitrogens with one attached hydrogen (secondary N) is 1. The Kier molecular flexibility index (Phi) is 7.39. The number of unbranched alkanes of at least 4 members (excludes halogenated alkanes) is 1. The molecule has 0 saturated heterocycles. The fraction of sp³-hybridized carbons (Fsp3) is 0.250. The lowest BCUT2D eigenvalue weighted by atomic mass is 9.88. The molecule has 1 aliphatic heterocycles. The van der Waals surface area contributed by atoms with Crippen molar-refractivity contribution in [3.05, 3.63) is 89.0 Å². The zero-order chi connectivity index (χ0) is 27.6. The molecule has 2 N–H and O–H groups in total. The number of nitrogens with zero attached hydrogens (tertiary/aromatic N) is 2. The number of carbonyl (C=O) groups is 1. The Morgan fingerprint density at radius 2 is 1.74 bits per heavy atom. The van der Waals surface area contributed by atoms with Crippen molar-refractivity contribution in [2.45, 2.75) is 32.0 Å². The second kappa shape index (κ2) is 10.8. The van der Waals surface area contributed by atoms with Crippen LogP contribution in [0.3, 0.4) is 0 Å². The van der Waals surface area contributed by atoms with E-state index in [1.807, 2.05) is 6.92 Å². The molecule has 0 fully saturated rings. The highest BCUT2D eigenvalue weighted by molar-refractivity contribution is 7.92. The molecule has 5 rings (SSSR count). The van der Waals surface area contributed by atoms with Crippen LogP contribution in [0.2, 0.25) is 0 Å². The molecule has 202 valence electrons. The molecular weight excluding hydrogens is 538 g/mol. The molecule has 0 spiro atoms. The van der Waals surface area contributed by atoms with Gasteiger partial charge in [-0.15, -0.1) is 0 Å². The van der Waals surface area contributed by atoms with E-state index < -0.39 is 21.8 Å². The largest absolute Gasteiger partial charge is 0.497 e. The van der Waals surface area contributed by atoms with Crippen LogP contribution in [0.25, 0.3) is 16.6 Å². The zero-order valence-electron chi connectivity index (χ0n) is 21.4. The Labute approximate surface area is 230 Å². The first-order chi connectivity index (χ1) is 18.7. The van der Waals surface area contributed by atoms with Gasteiger partial charge in [0.25, 0.3) is 5.79 Å². The van der Waals surface area contributed by atoms with E-state index in [0.717, 1.165) is 23.7 Å². The fourth-order valence-electron chi connectivity index (χ4n) is 4.49. The molecule has 2 heterocycles. The minimum absolute atomic E-state index is 0.0503. The molecule has 1 aliphatic rings. The van der Waals surface area contributed by atoms with Crippen molar-refractivity contribution in [2.75, 3.05) is 17.6 Å². The lowest BCUT2D eigenvalue weighted by Crippen LogP contribution is -2.29. The minimum Gasteiger partial charge on any atom is -0.497 e. The Morgan fingerprint density at radius 1 is 1.03 bits per heavy atom. The summed E-state index contributed by atoms with van der Waals surface area (Å²) >= 11 is 1.08. The van der Waals surface area contributed by atoms with E-state index in [2.05, 4.69) is 13.5 Å². The maximum Gasteiger partial charge on any atom is 0.342 e. The highest BCUT2D eigenvalue weighted by Gasteiger charge is 2.48. The quantitative estimate of drug-likeness (QED) is 0.266. The number of methoxy groups -OCH3 is 1. The number of esters is 1. The number of fused-ring (bicyclic) bond motifs is 1. The monoisotopic (exact) mass is 565 g/mol. The predicted octanol–water partition coefficient (Wildman–Crippen LogP) is 4.64. The first-order valence-corrected chi connectivity index (χ1v) is 14.8. The van der Waals surface area contributed by atoms with Gasteiger partial charge in [0.1, 0.15) is 16.8 Å². The third-order valence-electron chi connectivity index (χ3n) is 6.55. The molecule has 0 saturated carbocycles. The number of hydrogen-bond donors (Lipinski definition) is 2. The van der Waals surface area contributed by atoms with Crippen LogP contribution in [0.15, 0.2) is 72.3 Å². The second-order valence-corrected chi connectivity index (χ2v) is 11.6. The van der Waals surface area contributed by atoms with E-state index in [9.17, 15) is 18.3 Å². The third-order valence-corrected chi connectivity index (χ3v) is 8.48. The van der Waals surface area contributed by atoms with E-state index in [-0.39, 0.29) is 17.7 Å². The standard InChI is InChI=1S/C28H27N3O6S2/c1-3-4-15-39(34,35)31-21-10-5-18(6-11-21)16-23-26(19-7-14-24-25(17-19)30-38-29-24)27(32)37-28(23,33)20-8-12-22(36-2)13-9-20/h5-14,17,31,33H,3-4,15-16H2,1-2H3. The third kappa shape index (κ3) is 5.51. The molecule has 4 aromatic rings. The normalized spacial score (nSPS) is 17.5. The van der Waals surface area contributed by atoms with E-state index in [1.54, 1.807) is 73.8 Å². The van der Waals surface area contributed by atoms with Gasteiger partial charge in [-0.1, -0.05) is 31.5 Å². The summed E-state index contributed by atoms with van der Waals surface area (Å²) in [5.74, 6) is -2.04. The van der Waals surface area contributed by atoms with Gasteiger partial charge in [0.05, 0.1) is 30.2 Å². The average Bonchev–Trinajstić information content (AvgIpc) is 3.50. The van der Waals surface area contributed by atoms with Gasteiger partial charge < -0.3 is 14.6 Å². The van der Waals surface area contributed by atoms with Crippen molar-refractivity contribution in [1.82, 2.24) is 8.75 Å². The number of aromatic nitrogens is 2. The van der Waals surface area contributed by atoms with Gasteiger partial charge in [0, 0.05) is 23.2 Å². The van der Waals surface area contributed by atoms with Crippen LogP contribution in [0.5, 0.6) is 5.75 Å². The second-order valence-electron chi connectivity index (χ2n) is 9.23. The van der Waals surface area contributed by atoms with Crippen LogP contribution < -0.4 is 9.46 Å². The summed E-state index contributed by atoms with van der Waals surface area (Å²) in [5, 5.41) is 11.9. The summed E-state index contributed by atoms with van der Waals surface area (Å²) in [6, 6.07) is 18.8. The van der Waals surface area contributed by atoms with Crippen molar-refractivity contribution >= 4 is 50.0 Å². The Morgan fingerprint density at radius 3 is 2.44 bits per heavy atom. The number of ether oxygens (including phenoxy) is 2. The first kappa shape index (κ1) is 26.8. The van der Waals surface area contributed by atoms with Gasteiger partial charge >= 0.3 is 5.97 Å². The number of hydrogen-bond acceptors (Lipinski definition) is 9. The molecule has 0 radical (unpaired) electrons. The van der Waals surface area contributed by atoms with Crippen LogP contribution >= 0.6 is 11.7 Å². The van der Waals surface area contributed by atoms with Crippen LogP contribution in [-0.4, -0.2) is 41.1 Å². The van der Waals surface area contributed by atoms with Crippen molar-refractivity contribution in [1.29, 1.82) is 0 Å². The topological polar surface area (TPSA) is 128 Å². The summed E-state index contributed by atoms with van der Waals surface area (Å²) in [7, 11) is -1.90. The van der Waals surface area contributed by atoms with E-state index in [1.165, 1.54) is 0 Å². The highest BCUT2D eigenvalue weighted by Crippen LogP contribution is 2.45. The molecule has 1 aromatic heterocycles. The van der Waals surface area contributed by atoms with Gasteiger partial charge in [-0.3, -0.25) is 4.72 Å². The van der Waals surface area contributed by atoms with Crippen molar-refractivity contribution in [2.24, 2.45) is 0 Å². The Balaban J connectivity index is 1.54. The summed E-state index contributed by atoms with van der Waals surface area (Å²) in [6.07, 6.45) is 1.52. The van der Waals surface area contributed by atoms with E-state index >= 15 is 0 Å².